The van der Waals surface area contributed by atoms with Crippen LogP contribution < -0.4 is 10.1 Å². The summed E-state index contributed by atoms with van der Waals surface area (Å²) < 4.78 is 5.13. The summed E-state index contributed by atoms with van der Waals surface area (Å²) in [6, 6.07) is 3.95. The summed E-state index contributed by atoms with van der Waals surface area (Å²) in [5.41, 5.74) is -0.292. The highest BCUT2D eigenvalue weighted by molar-refractivity contribution is 7.13. The smallest absolute Gasteiger partial charge is 0.312 e. The van der Waals surface area contributed by atoms with E-state index in [1.165, 1.54) is 23.5 Å². The van der Waals surface area contributed by atoms with Crippen LogP contribution in [0.3, 0.4) is 0 Å². The maximum absolute atomic E-state index is 11.6. The Morgan fingerprint density at radius 1 is 1.55 bits per heavy atom. The van der Waals surface area contributed by atoms with Crippen LogP contribution in [0.25, 0.3) is 0 Å². The summed E-state index contributed by atoms with van der Waals surface area (Å²) in [5, 5.41) is 15.7. The molecule has 9 heteroatoms. The highest BCUT2D eigenvalue weighted by Gasteiger charge is 2.17. The standard InChI is InChI=1S/C11H8ClN3O4S/c12-7-1-2-9(8(5-7)15(17)18)19-6-10(16)14-11-13-3-4-20-11/h1-5H,6H2,(H,13,14,16). The van der Waals surface area contributed by atoms with E-state index in [0.29, 0.717) is 5.13 Å². The molecule has 7 nitrogen and oxygen atoms in total. The van der Waals surface area contributed by atoms with E-state index in [1.54, 1.807) is 11.6 Å². The van der Waals surface area contributed by atoms with Gasteiger partial charge in [0.1, 0.15) is 0 Å². The molecule has 0 atom stereocenters. The van der Waals surface area contributed by atoms with Crippen molar-refractivity contribution in [3.05, 3.63) is 44.9 Å². The third-order valence-electron chi connectivity index (χ3n) is 2.16. The molecule has 104 valence electrons. The lowest BCUT2D eigenvalue weighted by molar-refractivity contribution is -0.385. The first-order valence-electron chi connectivity index (χ1n) is 5.32. The van der Waals surface area contributed by atoms with Crippen LogP contribution in [-0.4, -0.2) is 22.4 Å². The van der Waals surface area contributed by atoms with E-state index >= 15 is 0 Å². The van der Waals surface area contributed by atoms with Gasteiger partial charge in [-0.3, -0.25) is 20.2 Å². The van der Waals surface area contributed by atoms with E-state index < -0.39 is 10.8 Å². The molecule has 1 aromatic carbocycles. The van der Waals surface area contributed by atoms with Gasteiger partial charge in [-0.2, -0.15) is 0 Å². The molecular weight excluding hydrogens is 306 g/mol. The van der Waals surface area contributed by atoms with Gasteiger partial charge in [0.05, 0.1) is 4.92 Å². The average molecular weight is 314 g/mol. The summed E-state index contributed by atoms with van der Waals surface area (Å²) >= 11 is 6.93. The Balaban J connectivity index is 2.00. The van der Waals surface area contributed by atoms with E-state index in [-0.39, 0.29) is 23.1 Å². The molecule has 0 radical (unpaired) electrons. The number of aromatic nitrogens is 1. The second-order valence-corrected chi connectivity index (χ2v) is 4.87. The number of halogens is 1. The molecule has 20 heavy (non-hydrogen) atoms. The number of ether oxygens (including phenoxy) is 1. The zero-order chi connectivity index (χ0) is 14.5. The van der Waals surface area contributed by atoms with E-state index in [9.17, 15) is 14.9 Å². The molecule has 0 saturated heterocycles. The van der Waals surface area contributed by atoms with Crippen molar-refractivity contribution in [1.82, 2.24) is 4.98 Å². The van der Waals surface area contributed by atoms with Crippen LogP contribution in [0, 0.1) is 10.1 Å². The van der Waals surface area contributed by atoms with Gasteiger partial charge in [-0.1, -0.05) is 11.6 Å². The van der Waals surface area contributed by atoms with E-state index in [0.717, 1.165) is 6.07 Å². The van der Waals surface area contributed by atoms with Gasteiger partial charge in [0.25, 0.3) is 5.91 Å². The largest absolute Gasteiger partial charge is 0.477 e. The molecule has 0 saturated carbocycles. The highest BCUT2D eigenvalue weighted by Crippen LogP contribution is 2.29. The zero-order valence-corrected chi connectivity index (χ0v) is 11.5. The highest BCUT2D eigenvalue weighted by atomic mass is 35.5. The number of benzene rings is 1. The number of hydrogen-bond acceptors (Lipinski definition) is 6. The molecular formula is C11H8ClN3O4S. The minimum Gasteiger partial charge on any atom is -0.477 e. The van der Waals surface area contributed by atoms with Gasteiger partial charge in [-0.05, 0) is 12.1 Å². The Hall–Kier alpha value is -2.19. The first-order valence-corrected chi connectivity index (χ1v) is 6.58. The van der Waals surface area contributed by atoms with Gasteiger partial charge in [-0.15, -0.1) is 11.3 Å². The summed E-state index contributed by atoms with van der Waals surface area (Å²) in [6.07, 6.45) is 1.55. The van der Waals surface area contributed by atoms with E-state index in [4.69, 9.17) is 16.3 Å². The van der Waals surface area contributed by atoms with E-state index in [2.05, 4.69) is 10.3 Å². The van der Waals surface area contributed by atoms with Crippen molar-refractivity contribution < 1.29 is 14.5 Å². The first kappa shape index (κ1) is 14.2. The Kier molecular flexibility index (Phi) is 4.49. The molecule has 1 aromatic heterocycles. The predicted octanol–water partition coefficient (Wildman–Crippen LogP) is 2.72. The van der Waals surface area contributed by atoms with Crippen molar-refractivity contribution in [2.75, 3.05) is 11.9 Å². The Morgan fingerprint density at radius 3 is 3.00 bits per heavy atom. The van der Waals surface area contributed by atoms with Crippen LogP contribution >= 0.6 is 22.9 Å². The summed E-state index contributed by atoms with van der Waals surface area (Å²) in [6.45, 7) is -0.359. The monoisotopic (exact) mass is 313 g/mol. The number of nitrogens with one attached hydrogen (secondary N) is 1. The lowest BCUT2D eigenvalue weighted by atomic mass is 10.3. The van der Waals surface area contributed by atoms with Crippen LogP contribution in [0.1, 0.15) is 0 Å². The van der Waals surface area contributed by atoms with Gasteiger partial charge >= 0.3 is 5.69 Å². The predicted molar refractivity (Wildman–Crippen MR) is 74.3 cm³/mol. The molecule has 1 amide bonds. The zero-order valence-electron chi connectivity index (χ0n) is 9.91. The Bertz CT molecular complexity index is 633. The number of hydrogen-bond donors (Lipinski definition) is 1. The molecule has 0 unspecified atom stereocenters. The molecule has 1 N–H and O–H groups in total. The van der Waals surface area contributed by atoms with Crippen molar-refractivity contribution in [2.45, 2.75) is 0 Å². The molecule has 0 bridgehead atoms. The normalized spacial score (nSPS) is 10.1. The fourth-order valence-corrected chi connectivity index (χ4v) is 2.05. The summed E-state index contributed by atoms with van der Waals surface area (Å²) in [7, 11) is 0. The Labute approximate surface area is 122 Å². The molecule has 2 aromatic rings. The number of nitrogens with zero attached hydrogens (tertiary/aromatic N) is 2. The quantitative estimate of drug-likeness (QED) is 0.676. The molecule has 2 rings (SSSR count). The minimum atomic E-state index is -0.625. The number of nitro benzene ring substituents is 1. The van der Waals surface area contributed by atoms with Crippen molar-refractivity contribution in [1.29, 1.82) is 0 Å². The van der Waals surface area contributed by atoms with Gasteiger partial charge in [0.2, 0.25) is 0 Å². The lowest BCUT2D eigenvalue weighted by Crippen LogP contribution is -2.20. The fourth-order valence-electron chi connectivity index (χ4n) is 1.34. The first-order chi connectivity index (χ1) is 9.56. The summed E-state index contributed by atoms with van der Waals surface area (Å²) in [5.74, 6) is -0.474. The molecule has 0 spiro atoms. The third kappa shape index (κ3) is 3.65. The van der Waals surface area contributed by atoms with Crippen LogP contribution in [0.4, 0.5) is 10.8 Å². The van der Waals surface area contributed by atoms with Crippen molar-refractivity contribution in [3.8, 4) is 5.75 Å². The minimum absolute atomic E-state index is 0.0197. The molecule has 0 aliphatic carbocycles. The van der Waals surface area contributed by atoms with Gasteiger partial charge < -0.3 is 4.74 Å². The van der Waals surface area contributed by atoms with Gasteiger partial charge in [-0.25, -0.2) is 4.98 Å². The Morgan fingerprint density at radius 2 is 2.35 bits per heavy atom. The molecule has 1 heterocycles. The molecule has 0 aliphatic heterocycles. The van der Waals surface area contributed by atoms with Crippen LogP contribution in [0.15, 0.2) is 29.8 Å². The lowest BCUT2D eigenvalue weighted by Gasteiger charge is -2.06. The van der Waals surface area contributed by atoms with Crippen molar-refractivity contribution in [2.24, 2.45) is 0 Å². The molecule has 0 fully saturated rings. The average Bonchev–Trinajstić information content (AvgIpc) is 2.90. The van der Waals surface area contributed by atoms with Crippen LogP contribution in [-0.2, 0) is 4.79 Å². The number of carbonyl (C=O) groups excluding carboxylic acids is 1. The second-order valence-electron chi connectivity index (χ2n) is 3.54. The number of rotatable bonds is 5. The maximum Gasteiger partial charge on any atom is 0.312 e. The number of thiazole rings is 1. The van der Waals surface area contributed by atoms with Crippen LogP contribution in [0.2, 0.25) is 5.02 Å². The third-order valence-corrected chi connectivity index (χ3v) is 3.08. The number of anilines is 1. The SMILES string of the molecule is O=C(COc1ccc(Cl)cc1[N+](=O)[O-])Nc1nccs1. The molecule has 0 aliphatic rings. The number of nitro groups is 1. The van der Waals surface area contributed by atoms with E-state index in [1.807, 2.05) is 0 Å². The second kappa shape index (κ2) is 6.31. The number of amides is 1. The maximum atomic E-state index is 11.6. The van der Waals surface area contributed by atoms with Crippen molar-refractivity contribution >= 4 is 39.7 Å². The van der Waals surface area contributed by atoms with Crippen molar-refractivity contribution in [3.63, 3.8) is 0 Å². The van der Waals surface area contributed by atoms with Gasteiger partial charge in [0, 0.05) is 22.7 Å². The van der Waals surface area contributed by atoms with Gasteiger partial charge in [0.15, 0.2) is 17.5 Å². The topological polar surface area (TPSA) is 94.4 Å². The summed E-state index contributed by atoms with van der Waals surface area (Å²) in [4.78, 5) is 25.6. The number of carbonyl (C=O) groups is 1. The van der Waals surface area contributed by atoms with Crippen LogP contribution in [0.5, 0.6) is 5.75 Å². The fraction of sp³-hybridized carbons (Fsp3) is 0.0909.